The lowest BCUT2D eigenvalue weighted by atomic mass is 9.82. The molecule has 0 spiro atoms. The number of nitriles is 1. The Bertz CT molecular complexity index is 1270. The Morgan fingerprint density at radius 3 is 2.15 bits per heavy atom. The van der Waals surface area contributed by atoms with Crippen LogP contribution in [0, 0.1) is 23.2 Å². The number of amides is 2. The highest BCUT2D eigenvalue weighted by molar-refractivity contribution is 7.88. The molecule has 2 amide bonds. The summed E-state index contributed by atoms with van der Waals surface area (Å²) in [6.07, 6.45) is 4.27. The second kappa shape index (κ2) is 12.5. The number of ether oxygens (including phenoxy) is 1. The molecule has 224 valence electrons. The van der Waals surface area contributed by atoms with Crippen molar-refractivity contribution < 1.29 is 27.5 Å². The molecule has 1 N–H and O–H groups in total. The number of hydrogen-bond donors (Lipinski definition) is 1. The summed E-state index contributed by atoms with van der Waals surface area (Å²) in [6, 6.07) is 8.03. The van der Waals surface area contributed by atoms with E-state index in [-0.39, 0.29) is 29.7 Å². The number of carbonyl (C=O) groups is 3. The minimum Gasteiger partial charge on any atom is -0.456 e. The molecule has 3 aliphatic rings. The number of nitrogens with one attached hydrogen (secondary N) is 1. The molecule has 3 fully saturated rings. The largest absolute Gasteiger partial charge is 0.456 e. The topological polar surface area (TPSA) is 140 Å². The third kappa shape index (κ3) is 7.84. The molecule has 2 aliphatic heterocycles. The number of sulfonamides is 1. The Balaban J connectivity index is 1.46. The lowest BCUT2D eigenvalue weighted by Crippen LogP contribution is -2.52. The van der Waals surface area contributed by atoms with Gasteiger partial charge in [0, 0.05) is 56.3 Å². The molecule has 2 atom stereocenters. The van der Waals surface area contributed by atoms with Crippen LogP contribution < -0.4 is 5.32 Å². The second-order valence-corrected chi connectivity index (χ2v) is 14.3. The van der Waals surface area contributed by atoms with Crippen LogP contribution in [0.2, 0.25) is 0 Å². The van der Waals surface area contributed by atoms with E-state index in [9.17, 15) is 28.1 Å². The molecule has 2 heterocycles. The third-order valence-corrected chi connectivity index (χ3v) is 9.47. The molecule has 12 heteroatoms. The van der Waals surface area contributed by atoms with Crippen LogP contribution in [0.5, 0.6) is 0 Å². The lowest BCUT2D eigenvalue weighted by Gasteiger charge is -2.37. The van der Waals surface area contributed by atoms with E-state index in [1.54, 1.807) is 49.9 Å². The SMILES string of the molecule is CC(C)(C)OC(=O)c1ccc(NC(=O)[C@@H]2C[C@H](N3CCN(S(C)(=O)=O)CC3)CN2C(=O)C2CCC(C#N)CC2)cc1. The molecule has 1 aromatic rings. The molecule has 2 saturated heterocycles. The van der Waals surface area contributed by atoms with E-state index in [1.165, 1.54) is 10.6 Å². The van der Waals surface area contributed by atoms with Crippen molar-refractivity contribution in [2.24, 2.45) is 11.8 Å². The molecule has 1 aromatic carbocycles. The summed E-state index contributed by atoms with van der Waals surface area (Å²) in [4.78, 5) is 43.5. The van der Waals surface area contributed by atoms with E-state index in [1.807, 2.05) is 0 Å². The number of esters is 1. The smallest absolute Gasteiger partial charge is 0.338 e. The first-order chi connectivity index (χ1) is 19.2. The predicted octanol–water partition coefficient (Wildman–Crippen LogP) is 2.46. The molecular weight excluding hydrogens is 546 g/mol. The summed E-state index contributed by atoms with van der Waals surface area (Å²) >= 11 is 0. The van der Waals surface area contributed by atoms with Gasteiger partial charge < -0.3 is 15.0 Å². The monoisotopic (exact) mass is 587 g/mol. The highest BCUT2D eigenvalue weighted by Crippen LogP contribution is 2.33. The summed E-state index contributed by atoms with van der Waals surface area (Å²) in [5.74, 6) is -1.05. The van der Waals surface area contributed by atoms with Gasteiger partial charge in [-0.2, -0.15) is 9.57 Å². The number of carbonyl (C=O) groups excluding carboxylic acids is 3. The standard InChI is InChI=1S/C29H41N5O6S/c1-29(2,3)40-28(37)22-9-11-23(12-10-22)31-26(35)25-17-24(32-13-15-33(16-14-32)41(4,38)39)19-34(25)27(36)21-7-5-20(18-30)6-8-21/h9-12,20-21,24-25H,5-8,13-17,19H2,1-4H3,(H,31,35)/t20?,21?,24-,25-/m0/s1. The van der Waals surface area contributed by atoms with Crippen LogP contribution in [0.4, 0.5) is 5.69 Å². The lowest BCUT2D eigenvalue weighted by molar-refractivity contribution is -0.141. The molecule has 1 saturated carbocycles. The summed E-state index contributed by atoms with van der Waals surface area (Å²) in [6.45, 7) is 7.60. The molecule has 0 unspecified atom stereocenters. The van der Waals surface area contributed by atoms with Gasteiger partial charge in [-0.05, 0) is 77.1 Å². The second-order valence-electron chi connectivity index (χ2n) is 12.3. The Morgan fingerprint density at radius 2 is 1.61 bits per heavy atom. The number of benzene rings is 1. The number of nitrogens with zero attached hydrogens (tertiary/aromatic N) is 4. The molecular formula is C29H41N5O6S. The first-order valence-electron chi connectivity index (χ1n) is 14.3. The van der Waals surface area contributed by atoms with Gasteiger partial charge in [0.2, 0.25) is 21.8 Å². The van der Waals surface area contributed by atoms with Crippen LogP contribution in [0.25, 0.3) is 0 Å². The Hall–Kier alpha value is -3.01. The van der Waals surface area contributed by atoms with E-state index >= 15 is 0 Å². The summed E-state index contributed by atoms with van der Waals surface area (Å²) in [5, 5.41) is 12.2. The van der Waals surface area contributed by atoms with Crippen LogP contribution in [-0.4, -0.2) is 97.0 Å². The van der Waals surface area contributed by atoms with Crippen molar-refractivity contribution in [2.45, 2.75) is 70.6 Å². The van der Waals surface area contributed by atoms with E-state index in [4.69, 9.17) is 4.74 Å². The maximum Gasteiger partial charge on any atom is 0.338 e. The van der Waals surface area contributed by atoms with Crippen molar-refractivity contribution in [3.8, 4) is 6.07 Å². The van der Waals surface area contributed by atoms with Gasteiger partial charge in [0.15, 0.2) is 0 Å². The fourth-order valence-corrected chi connectivity index (χ4v) is 6.75. The molecule has 0 bridgehead atoms. The summed E-state index contributed by atoms with van der Waals surface area (Å²) < 4.78 is 30.8. The number of rotatable bonds is 6. The summed E-state index contributed by atoms with van der Waals surface area (Å²) in [7, 11) is -3.27. The minimum atomic E-state index is -3.27. The van der Waals surface area contributed by atoms with E-state index in [0.717, 1.165) is 0 Å². The highest BCUT2D eigenvalue weighted by Gasteiger charge is 2.44. The van der Waals surface area contributed by atoms with Crippen LogP contribution in [0.15, 0.2) is 24.3 Å². The van der Waals surface area contributed by atoms with Gasteiger partial charge in [0.1, 0.15) is 11.6 Å². The zero-order chi connectivity index (χ0) is 29.9. The summed E-state index contributed by atoms with van der Waals surface area (Å²) in [5.41, 5.74) is 0.260. The maximum absolute atomic E-state index is 13.7. The predicted molar refractivity (Wildman–Crippen MR) is 153 cm³/mol. The molecule has 1 aliphatic carbocycles. The van der Waals surface area contributed by atoms with Crippen LogP contribution >= 0.6 is 0 Å². The Morgan fingerprint density at radius 1 is 1.00 bits per heavy atom. The van der Waals surface area contributed by atoms with Crippen molar-refractivity contribution >= 4 is 33.5 Å². The average Bonchev–Trinajstić information content (AvgIpc) is 3.37. The quantitative estimate of drug-likeness (QED) is 0.501. The first kappa shape index (κ1) is 30.9. The number of hydrogen-bond acceptors (Lipinski definition) is 8. The number of anilines is 1. The van der Waals surface area contributed by atoms with Crippen molar-refractivity contribution in [3.05, 3.63) is 29.8 Å². The zero-order valence-corrected chi connectivity index (χ0v) is 25.2. The fraction of sp³-hybridized carbons (Fsp3) is 0.655. The molecule has 0 radical (unpaired) electrons. The van der Waals surface area contributed by atoms with Crippen LogP contribution in [-0.2, 0) is 24.3 Å². The van der Waals surface area contributed by atoms with E-state index < -0.39 is 27.6 Å². The van der Waals surface area contributed by atoms with Crippen molar-refractivity contribution in [3.63, 3.8) is 0 Å². The van der Waals surface area contributed by atoms with Gasteiger partial charge in [0.05, 0.1) is 17.9 Å². The van der Waals surface area contributed by atoms with Gasteiger partial charge in [-0.25, -0.2) is 13.2 Å². The molecule has 0 aromatic heterocycles. The number of piperazine rings is 1. The Labute approximate surface area is 242 Å². The maximum atomic E-state index is 13.7. The van der Waals surface area contributed by atoms with Crippen LogP contribution in [0.1, 0.15) is 63.2 Å². The van der Waals surface area contributed by atoms with E-state index in [0.29, 0.717) is 76.1 Å². The van der Waals surface area contributed by atoms with Crippen molar-refractivity contribution in [1.82, 2.24) is 14.1 Å². The minimum absolute atomic E-state index is 0.0285. The van der Waals surface area contributed by atoms with Gasteiger partial charge in [0.25, 0.3) is 0 Å². The highest BCUT2D eigenvalue weighted by atomic mass is 32.2. The molecule has 41 heavy (non-hydrogen) atoms. The zero-order valence-electron chi connectivity index (χ0n) is 24.3. The van der Waals surface area contributed by atoms with Gasteiger partial charge in [-0.3, -0.25) is 14.5 Å². The van der Waals surface area contributed by atoms with Crippen LogP contribution in [0.3, 0.4) is 0 Å². The third-order valence-electron chi connectivity index (χ3n) is 8.17. The number of likely N-dealkylation sites (tertiary alicyclic amines) is 1. The normalized spacial score (nSPS) is 26.3. The first-order valence-corrected chi connectivity index (χ1v) is 16.1. The van der Waals surface area contributed by atoms with Gasteiger partial charge >= 0.3 is 5.97 Å². The molecule has 11 nitrogen and oxygen atoms in total. The van der Waals surface area contributed by atoms with E-state index in [2.05, 4.69) is 16.3 Å². The Kier molecular flexibility index (Phi) is 9.41. The average molecular weight is 588 g/mol. The van der Waals surface area contributed by atoms with Crippen molar-refractivity contribution in [2.75, 3.05) is 44.3 Å². The van der Waals surface area contributed by atoms with Gasteiger partial charge in [-0.15, -0.1) is 0 Å². The molecule has 4 rings (SSSR count). The van der Waals surface area contributed by atoms with Gasteiger partial charge in [-0.1, -0.05) is 0 Å². The fourth-order valence-electron chi connectivity index (χ4n) is 5.93. The van der Waals surface area contributed by atoms with Crippen molar-refractivity contribution in [1.29, 1.82) is 5.26 Å².